The predicted molar refractivity (Wildman–Crippen MR) is 67.7 cm³/mol. The van der Waals surface area contributed by atoms with Gasteiger partial charge in [0.1, 0.15) is 5.54 Å². The van der Waals surface area contributed by atoms with E-state index in [1.54, 1.807) is 4.72 Å². The standard InChI is InChI=1S/C11H12ClF3N2O2S/c12-9-2-1-8(5-7(9)6-16)20(18,19)17-10(3-4-10)11(13,14)15/h1-2,5,17H,3-4,6,16H2. The zero-order valence-electron chi connectivity index (χ0n) is 10.2. The molecule has 1 aromatic carbocycles. The van der Waals surface area contributed by atoms with Gasteiger partial charge in [-0.3, -0.25) is 0 Å². The zero-order chi connectivity index (χ0) is 15.2. The monoisotopic (exact) mass is 328 g/mol. The number of halogens is 4. The van der Waals surface area contributed by atoms with Crippen molar-refractivity contribution in [1.82, 2.24) is 4.72 Å². The molecule has 1 saturated carbocycles. The Balaban J connectivity index is 2.33. The Hall–Kier alpha value is -0.830. The van der Waals surface area contributed by atoms with E-state index in [9.17, 15) is 21.6 Å². The molecule has 0 spiro atoms. The largest absolute Gasteiger partial charge is 0.407 e. The maximum Gasteiger partial charge on any atom is 0.407 e. The maximum absolute atomic E-state index is 12.8. The molecule has 3 N–H and O–H groups in total. The summed E-state index contributed by atoms with van der Waals surface area (Å²) in [6.07, 6.45) is -5.12. The molecule has 0 radical (unpaired) electrons. The van der Waals surface area contributed by atoms with Gasteiger partial charge in [0.25, 0.3) is 0 Å². The lowest BCUT2D eigenvalue weighted by Gasteiger charge is -2.20. The first-order valence-corrected chi connectivity index (χ1v) is 7.57. The van der Waals surface area contributed by atoms with E-state index < -0.39 is 21.7 Å². The van der Waals surface area contributed by atoms with Crippen molar-refractivity contribution in [2.24, 2.45) is 5.73 Å². The lowest BCUT2D eigenvalue weighted by atomic mass is 10.2. The molecule has 112 valence electrons. The van der Waals surface area contributed by atoms with Crippen LogP contribution in [0.5, 0.6) is 0 Å². The highest BCUT2D eigenvalue weighted by Crippen LogP contribution is 2.49. The summed E-state index contributed by atoms with van der Waals surface area (Å²) in [4.78, 5) is -0.280. The molecule has 0 bridgehead atoms. The fraction of sp³-hybridized carbons (Fsp3) is 0.455. The van der Waals surface area contributed by atoms with Gasteiger partial charge in [0.05, 0.1) is 4.90 Å². The van der Waals surface area contributed by atoms with Crippen molar-refractivity contribution in [3.63, 3.8) is 0 Å². The molecule has 0 atom stereocenters. The molecular formula is C11H12ClF3N2O2S. The van der Waals surface area contributed by atoms with Crippen LogP contribution < -0.4 is 10.5 Å². The number of hydrogen-bond donors (Lipinski definition) is 2. The Morgan fingerprint density at radius 3 is 2.40 bits per heavy atom. The van der Waals surface area contributed by atoms with Crippen LogP contribution >= 0.6 is 11.6 Å². The fourth-order valence-corrected chi connectivity index (χ4v) is 3.45. The maximum atomic E-state index is 12.8. The molecule has 1 aliphatic carbocycles. The molecule has 0 aromatic heterocycles. The second kappa shape index (κ2) is 4.87. The second-order valence-corrected chi connectivity index (χ2v) is 6.73. The van der Waals surface area contributed by atoms with Gasteiger partial charge in [-0.25, -0.2) is 8.42 Å². The Morgan fingerprint density at radius 1 is 1.35 bits per heavy atom. The Kier molecular flexibility index (Phi) is 3.79. The van der Waals surface area contributed by atoms with Crippen LogP contribution in [0.1, 0.15) is 18.4 Å². The first-order chi connectivity index (χ1) is 9.11. The summed E-state index contributed by atoms with van der Waals surface area (Å²) >= 11 is 5.79. The summed E-state index contributed by atoms with van der Waals surface area (Å²) in [6.45, 7) is -0.00733. The number of nitrogens with one attached hydrogen (secondary N) is 1. The van der Waals surface area contributed by atoms with Crippen LogP contribution in [-0.4, -0.2) is 20.1 Å². The minimum absolute atomic E-state index is 0.00733. The highest BCUT2D eigenvalue weighted by Gasteiger charge is 2.65. The van der Waals surface area contributed by atoms with Crippen molar-refractivity contribution in [1.29, 1.82) is 0 Å². The van der Waals surface area contributed by atoms with Gasteiger partial charge in [-0.15, -0.1) is 0 Å². The predicted octanol–water partition coefficient (Wildman–Crippen LogP) is 2.17. The average molecular weight is 329 g/mol. The highest BCUT2D eigenvalue weighted by atomic mass is 35.5. The minimum Gasteiger partial charge on any atom is -0.326 e. The quantitative estimate of drug-likeness (QED) is 0.889. The molecule has 0 saturated heterocycles. The van der Waals surface area contributed by atoms with Gasteiger partial charge in [-0.2, -0.15) is 17.9 Å². The highest BCUT2D eigenvalue weighted by molar-refractivity contribution is 7.89. The van der Waals surface area contributed by atoms with Crippen molar-refractivity contribution >= 4 is 21.6 Å². The number of sulfonamides is 1. The summed E-state index contributed by atoms with van der Waals surface area (Å²) in [5.41, 5.74) is 3.41. The summed E-state index contributed by atoms with van der Waals surface area (Å²) in [5, 5.41) is 0.267. The van der Waals surface area contributed by atoms with Crippen molar-refractivity contribution < 1.29 is 21.6 Å². The van der Waals surface area contributed by atoms with E-state index in [-0.39, 0.29) is 29.3 Å². The minimum atomic E-state index is -4.61. The number of hydrogen-bond acceptors (Lipinski definition) is 3. The van der Waals surface area contributed by atoms with Gasteiger partial charge in [0, 0.05) is 11.6 Å². The number of rotatable bonds is 4. The molecule has 1 aliphatic rings. The van der Waals surface area contributed by atoms with Gasteiger partial charge in [0.15, 0.2) is 0 Å². The Labute approximate surface area is 119 Å². The Morgan fingerprint density at radius 2 is 1.95 bits per heavy atom. The van der Waals surface area contributed by atoms with E-state index in [0.717, 1.165) is 6.07 Å². The van der Waals surface area contributed by atoms with Gasteiger partial charge in [-0.05, 0) is 36.6 Å². The molecule has 20 heavy (non-hydrogen) atoms. The van der Waals surface area contributed by atoms with Crippen LogP contribution in [0.15, 0.2) is 23.1 Å². The van der Waals surface area contributed by atoms with Crippen LogP contribution in [-0.2, 0) is 16.6 Å². The molecule has 1 fully saturated rings. The van der Waals surface area contributed by atoms with Crippen LogP contribution in [0, 0.1) is 0 Å². The lowest BCUT2D eigenvalue weighted by molar-refractivity contribution is -0.160. The zero-order valence-corrected chi connectivity index (χ0v) is 11.7. The summed E-state index contributed by atoms with van der Waals surface area (Å²) in [6, 6.07) is 3.62. The van der Waals surface area contributed by atoms with E-state index in [1.165, 1.54) is 12.1 Å². The number of nitrogens with two attached hydrogens (primary N) is 1. The summed E-state index contributed by atoms with van der Waals surface area (Å²) in [7, 11) is -4.27. The van der Waals surface area contributed by atoms with Crippen molar-refractivity contribution in [3.05, 3.63) is 28.8 Å². The third-order valence-electron chi connectivity index (χ3n) is 3.17. The van der Waals surface area contributed by atoms with Crippen LogP contribution in [0.25, 0.3) is 0 Å². The van der Waals surface area contributed by atoms with E-state index in [1.807, 2.05) is 0 Å². The molecule has 0 unspecified atom stereocenters. The SMILES string of the molecule is NCc1cc(S(=O)(=O)NC2(C(F)(F)F)CC2)ccc1Cl. The van der Waals surface area contributed by atoms with E-state index in [2.05, 4.69) is 0 Å². The molecule has 0 heterocycles. The molecule has 9 heteroatoms. The second-order valence-electron chi connectivity index (χ2n) is 4.64. The molecule has 0 amide bonds. The van der Waals surface area contributed by atoms with E-state index in [0.29, 0.717) is 5.56 Å². The first kappa shape index (κ1) is 15.6. The van der Waals surface area contributed by atoms with Gasteiger partial charge >= 0.3 is 6.18 Å². The van der Waals surface area contributed by atoms with Crippen molar-refractivity contribution in [2.45, 2.75) is 36.0 Å². The van der Waals surface area contributed by atoms with E-state index in [4.69, 9.17) is 17.3 Å². The van der Waals surface area contributed by atoms with Crippen LogP contribution in [0.4, 0.5) is 13.2 Å². The Bertz CT molecular complexity index is 627. The van der Waals surface area contributed by atoms with Crippen LogP contribution in [0.3, 0.4) is 0 Å². The van der Waals surface area contributed by atoms with Gasteiger partial charge < -0.3 is 5.73 Å². The molecule has 2 rings (SSSR count). The number of benzene rings is 1. The molecule has 4 nitrogen and oxygen atoms in total. The van der Waals surface area contributed by atoms with Crippen molar-refractivity contribution in [2.75, 3.05) is 0 Å². The lowest BCUT2D eigenvalue weighted by Crippen LogP contribution is -2.47. The van der Waals surface area contributed by atoms with E-state index >= 15 is 0 Å². The molecule has 0 aliphatic heterocycles. The van der Waals surface area contributed by atoms with Crippen molar-refractivity contribution in [3.8, 4) is 0 Å². The number of alkyl halides is 3. The topological polar surface area (TPSA) is 72.2 Å². The third-order valence-corrected chi connectivity index (χ3v) is 5.07. The smallest absolute Gasteiger partial charge is 0.326 e. The van der Waals surface area contributed by atoms with Gasteiger partial charge in [-0.1, -0.05) is 11.6 Å². The summed E-state index contributed by atoms with van der Waals surface area (Å²) < 4.78 is 64.1. The average Bonchev–Trinajstić information content (AvgIpc) is 3.09. The molecule has 1 aromatic rings. The summed E-state index contributed by atoms with van der Waals surface area (Å²) in [5.74, 6) is 0. The normalized spacial score (nSPS) is 18.1. The van der Waals surface area contributed by atoms with Crippen LogP contribution in [0.2, 0.25) is 5.02 Å². The third kappa shape index (κ3) is 2.78. The van der Waals surface area contributed by atoms with Gasteiger partial charge in [0.2, 0.25) is 10.0 Å². The fourth-order valence-electron chi connectivity index (χ4n) is 1.76. The first-order valence-electron chi connectivity index (χ1n) is 5.70. The molecular weight excluding hydrogens is 317 g/mol.